The van der Waals surface area contributed by atoms with Crippen LogP contribution >= 0.6 is 22.9 Å². The lowest BCUT2D eigenvalue weighted by molar-refractivity contribution is -0.140. The number of rotatable bonds is 8. The van der Waals surface area contributed by atoms with Gasteiger partial charge < -0.3 is 18.9 Å². The molecule has 38 heavy (non-hydrogen) atoms. The summed E-state index contributed by atoms with van der Waals surface area (Å²) in [7, 11) is 2.97. The Morgan fingerprint density at radius 3 is 2.58 bits per heavy atom. The Labute approximate surface area is 227 Å². The largest absolute Gasteiger partial charge is 0.493 e. The van der Waals surface area contributed by atoms with Crippen molar-refractivity contribution in [3.63, 3.8) is 0 Å². The third-order valence-electron chi connectivity index (χ3n) is 5.70. The molecule has 0 N–H and O–H groups in total. The summed E-state index contributed by atoms with van der Waals surface area (Å²) in [6, 6.07) is 11.1. The molecule has 1 aliphatic heterocycles. The first-order valence-electron chi connectivity index (χ1n) is 11.5. The Balaban J connectivity index is 1.86. The van der Waals surface area contributed by atoms with Crippen LogP contribution in [-0.4, -0.2) is 43.9 Å². The van der Waals surface area contributed by atoms with Gasteiger partial charge in [0.05, 0.1) is 29.5 Å². The molecule has 9 nitrogen and oxygen atoms in total. The van der Waals surface area contributed by atoms with Crippen LogP contribution in [0, 0.1) is 0 Å². The summed E-state index contributed by atoms with van der Waals surface area (Å²) in [5.74, 6) is -0.471. The predicted molar refractivity (Wildman–Crippen MR) is 142 cm³/mol. The first kappa shape index (κ1) is 27.3. The number of aromatic nitrogens is 1. The van der Waals surface area contributed by atoms with Gasteiger partial charge in [0.1, 0.15) is 12.6 Å². The molecule has 1 atom stereocenters. The molecule has 0 radical (unpaired) electrons. The van der Waals surface area contributed by atoms with E-state index < -0.39 is 18.0 Å². The number of ether oxygens (including phenoxy) is 4. The predicted octanol–water partition coefficient (Wildman–Crippen LogP) is 3.01. The minimum Gasteiger partial charge on any atom is -0.493 e. The van der Waals surface area contributed by atoms with Gasteiger partial charge in [0.25, 0.3) is 5.56 Å². The molecular weight excluding hydrogens is 532 g/mol. The summed E-state index contributed by atoms with van der Waals surface area (Å²) >= 11 is 7.73. The molecule has 2 aromatic carbocycles. The molecule has 198 valence electrons. The summed E-state index contributed by atoms with van der Waals surface area (Å²) in [4.78, 5) is 43.3. The van der Waals surface area contributed by atoms with E-state index in [2.05, 4.69) is 4.99 Å². The summed E-state index contributed by atoms with van der Waals surface area (Å²) in [6.07, 6.45) is 1.68. The summed E-state index contributed by atoms with van der Waals surface area (Å²) in [5, 5.41) is 0.398. The number of carbonyl (C=O) groups excluding carboxylic acids is 2. The maximum absolute atomic E-state index is 13.8. The lowest BCUT2D eigenvalue weighted by Gasteiger charge is -2.25. The summed E-state index contributed by atoms with van der Waals surface area (Å²) in [6.45, 7) is 3.28. The lowest BCUT2D eigenvalue weighted by Crippen LogP contribution is -2.40. The molecule has 0 aliphatic carbocycles. The number of hydrogen-bond donors (Lipinski definition) is 0. The van der Waals surface area contributed by atoms with Crippen molar-refractivity contribution in [3.05, 3.63) is 89.6 Å². The zero-order valence-corrected chi connectivity index (χ0v) is 22.7. The second-order valence-corrected chi connectivity index (χ2v) is 9.65. The van der Waals surface area contributed by atoms with Crippen molar-refractivity contribution in [2.45, 2.75) is 19.9 Å². The number of methoxy groups -OCH3 is 2. The highest BCUT2D eigenvalue weighted by Gasteiger charge is 2.34. The van der Waals surface area contributed by atoms with Crippen LogP contribution in [0.3, 0.4) is 0 Å². The van der Waals surface area contributed by atoms with Crippen LogP contribution in [0.15, 0.2) is 63.5 Å². The summed E-state index contributed by atoms with van der Waals surface area (Å²) in [5.41, 5.74) is 1.52. The fraction of sp³-hybridized carbons (Fsp3) is 0.259. The van der Waals surface area contributed by atoms with Crippen LogP contribution in [0.4, 0.5) is 0 Å². The Bertz CT molecular complexity index is 1610. The van der Waals surface area contributed by atoms with Crippen LogP contribution in [0.1, 0.15) is 31.0 Å². The van der Waals surface area contributed by atoms with Gasteiger partial charge in [-0.25, -0.2) is 9.79 Å². The molecule has 0 bridgehead atoms. The van der Waals surface area contributed by atoms with E-state index in [1.807, 2.05) is 0 Å². The maximum atomic E-state index is 13.8. The van der Waals surface area contributed by atoms with E-state index in [1.165, 1.54) is 37.0 Å². The van der Waals surface area contributed by atoms with Crippen molar-refractivity contribution in [1.82, 2.24) is 4.57 Å². The maximum Gasteiger partial charge on any atom is 0.338 e. The van der Waals surface area contributed by atoms with Crippen LogP contribution in [0.5, 0.6) is 11.5 Å². The molecule has 0 spiro atoms. The second-order valence-electron chi connectivity index (χ2n) is 8.24. The minimum absolute atomic E-state index is 0.0525. The number of fused-ring (bicyclic) bond motifs is 1. The molecule has 0 amide bonds. The Hall–Kier alpha value is -3.73. The molecule has 3 aromatic rings. The van der Waals surface area contributed by atoms with Gasteiger partial charge in [0.2, 0.25) is 0 Å². The Morgan fingerprint density at radius 1 is 1.13 bits per heavy atom. The Kier molecular flexibility index (Phi) is 8.45. The zero-order valence-electron chi connectivity index (χ0n) is 21.1. The molecule has 0 fully saturated rings. The minimum atomic E-state index is -0.835. The van der Waals surface area contributed by atoms with Crippen molar-refractivity contribution in [1.29, 1.82) is 0 Å². The molecule has 11 heteroatoms. The van der Waals surface area contributed by atoms with E-state index in [0.717, 1.165) is 0 Å². The van der Waals surface area contributed by atoms with Crippen LogP contribution < -0.4 is 24.4 Å². The fourth-order valence-electron chi connectivity index (χ4n) is 4.03. The SMILES string of the molecule is COCCOC(=O)C1=C(C)N=c2s/c(=C\c3ccc(OC(C)=O)c(OC)c3)c(=O)n2[C@@H]1c1ccccc1Cl. The third-order valence-corrected chi connectivity index (χ3v) is 7.03. The Morgan fingerprint density at radius 2 is 1.89 bits per heavy atom. The van der Waals surface area contributed by atoms with Gasteiger partial charge in [0.15, 0.2) is 16.3 Å². The van der Waals surface area contributed by atoms with E-state index in [0.29, 0.717) is 36.9 Å². The highest BCUT2D eigenvalue weighted by molar-refractivity contribution is 7.07. The average molecular weight is 557 g/mol. The third kappa shape index (κ3) is 5.57. The molecule has 1 aromatic heterocycles. The standard InChI is InChI=1S/C27H25ClN2O7S/c1-15-23(26(33)36-12-11-34-3)24(18-7-5-6-8-19(18)28)30-25(32)22(38-27(30)29-15)14-17-9-10-20(37-16(2)31)21(13-17)35-4/h5-10,13-14,24H,11-12H2,1-4H3/b22-14-/t24-/m1/s1. The normalized spacial score (nSPS) is 15.1. The van der Waals surface area contributed by atoms with Crippen molar-refractivity contribution in [3.8, 4) is 11.5 Å². The quantitative estimate of drug-likeness (QED) is 0.238. The summed E-state index contributed by atoms with van der Waals surface area (Å²) < 4.78 is 22.7. The van der Waals surface area contributed by atoms with Gasteiger partial charge in [-0.2, -0.15) is 0 Å². The highest BCUT2D eigenvalue weighted by Crippen LogP contribution is 2.34. The van der Waals surface area contributed by atoms with E-state index >= 15 is 0 Å². The van der Waals surface area contributed by atoms with Gasteiger partial charge in [-0.05, 0) is 42.3 Å². The average Bonchev–Trinajstić information content (AvgIpc) is 3.18. The van der Waals surface area contributed by atoms with E-state index in [4.69, 9.17) is 30.5 Å². The van der Waals surface area contributed by atoms with Gasteiger partial charge in [0, 0.05) is 19.1 Å². The topological polar surface area (TPSA) is 105 Å². The van der Waals surface area contributed by atoms with Crippen LogP contribution in [-0.2, 0) is 19.1 Å². The number of carbonyl (C=O) groups is 2. The van der Waals surface area contributed by atoms with Gasteiger partial charge in [-0.1, -0.05) is 47.2 Å². The number of halogens is 1. The molecule has 1 aliphatic rings. The van der Waals surface area contributed by atoms with Crippen LogP contribution in [0.25, 0.3) is 6.08 Å². The van der Waals surface area contributed by atoms with Gasteiger partial charge in [-0.15, -0.1) is 0 Å². The smallest absolute Gasteiger partial charge is 0.338 e. The number of benzene rings is 2. The number of nitrogens with zero attached hydrogens (tertiary/aromatic N) is 2. The number of thiazole rings is 1. The lowest BCUT2D eigenvalue weighted by atomic mass is 9.96. The molecule has 4 rings (SSSR count). The number of hydrogen-bond acceptors (Lipinski definition) is 9. The molecule has 0 saturated heterocycles. The molecule has 0 unspecified atom stereocenters. The van der Waals surface area contributed by atoms with E-state index in [9.17, 15) is 14.4 Å². The molecule has 2 heterocycles. The number of allylic oxidation sites excluding steroid dienone is 1. The van der Waals surface area contributed by atoms with Crippen molar-refractivity contribution >= 4 is 41.0 Å². The van der Waals surface area contributed by atoms with E-state index in [-0.39, 0.29) is 30.1 Å². The first-order valence-corrected chi connectivity index (χ1v) is 12.7. The first-order chi connectivity index (χ1) is 18.2. The van der Waals surface area contributed by atoms with E-state index in [1.54, 1.807) is 55.5 Å². The van der Waals surface area contributed by atoms with Gasteiger partial charge in [-0.3, -0.25) is 14.2 Å². The highest BCUT2D eigenvalue weighted by atomic mass is 35.5. The van der Waals surface area contributed by atoms with Crippen molar-refractivity contribution in [2.24, 2.45) is 4.99 Å². The van der Waals surface area contributed by atoms with Gasteiger partial charge >= 0.3 is 11.9 Å². The fourth-order valence-corrected chi connectivity index (χ4v) is 5.32. The number of esters is 2. The molecular formula is C27H25ClN2O7S. The second kappa shape index (κ2) is 11.8. The van der Waals surface area contributed by atoms with Crippen LogP contribution in [0.2, 0.25) is 5.02 Å². The van der Waals surface area contributed by atoms with Crippen molar-refractivity contribution < 1.29 is 28.5 Å². The molecule has 0 saturated carbocycles. The van der Waals surface area contributed by atoms with Crippen molar-refractivity contribution in [2.75, 3.05) is 27.4 Å². The zero-order chi connectivity index (χ0) is 27.4. The monoisotopic (exact) mass is 556 g/mol.